The zero-order valence-electron chi connectivity index (χ0n) is 12.8. The first-order valence-corrected chi connectivity index (χ1v) is 8.27. The lowest BCUT2D eigenvalue weighted by molar-refractivity contribution is -0.385. The van der Waals surface area contributed by atoms with Gasteiger partial charge in [0.25, 0.3) is 11.6 Å². The third kappa shape index (κ3) is 5.10. The second-order valence-electron chi connectivity index (χ2n) is 5.03. The lowest BCUT2D eigenvalue weighted by atomic mass is 10.1. The van der Waals surface area contributed by atoms with Crippen molar-refractivity contribution in [3.63, 3.8) is 0 Å². The number of benzene rings is 2. The van der Waals surface area contributed by atoms with Crippen molar-refractivity contribution in [2.75, 3.05) is 12.3 Å². The molecule has 0 aliphatic carbocycles. The molecule has 0 aromatic heterocycles. The zero-order valence-corrected chi connectivity index (χ0v) is 13.6. The van der Waals surface area contributed by atoms with Gasteiger partial charge in [-0.05, 0) is 37.3 Å². The lowest BCUT2D eigenvalue weighted by Crippen LogP contribution is -2.24. The Morgan fingerprint density at radius 1 is 1.22 bits per heavy atom. The first kappa shape index (κ1) is 17.0. The van der Waals surface area contributed by atoms with Crippen LogP contribution in [0.15, 0.2) is 53.4 Å². The largest absolute Gasteiger partial charge is 0.352 e. The van der Waals surface area contributed by atoms with Crippen molar-refractivity contribution in [3.8, 4) is 0 Å². The predicted molar refractivity (Wildman–Crippen MR) is 91.9 cm³/mol. The molecule has 1 N–H and O–H groups in total. The smallest absolute Gasteiger partial charge is 0.273 e. The molecule has 2 aromatic carbocycles. The van der Waals surface area contributed by atoms with Gasteiger partial charge in [0.1, 0.15) is 0 Å². The summed E-state index contributed by atoms with van der Waals surface area (Å²) in [6, 6.07) is 14.6. The van der Waals surface area contributed by atoms with E-state index in [2.05, 4.69) is 17.4 Å². The molecule has 0 spiro atoms. The highest BCUT2D eigenvalue weighted by Gasteiger charge is 2.14. The van der Waals surface area contributed by atoms with Crippen LogP contribution in [-0.4, -0.2) is 23.1 Å². The molecule has 0 fully saturated rings. The molecule has 23 heavy (non-hydrogen) atoms. The predicted octanol–water partition coefficient (Wildman–Crippen LogP) is 3.82. The molecule has 2 rings (SSSR count). The summed E-state index contributed by atoms with van der Waals surface area (Å²) < 4.78 is 0. The van der Waals surface area contributed by atoms with Crippen LogP contribution in [0.1, 0.15) is 22.3 Å². The number of amides is 1. The van der Waals surface area contributed by atoms with Crippen LogP contribution in [0.4, 0.5) is 5.69 Å². The SMILES string of the molecule is Cc1ccc(C(=O)NCCCSc2ccccc2)cc1[N+](=O)[O-]. The van der Waals surface area contributed by atoms with E-state index in [0.717, 1.165) is 12.2 Å². The van der Waals surface area contributed by atoms with Gasteiger partial charge in [-0.3, -0.25) is 14.9 Å². The second-order valence-corrected chi connectivity index (χ2v) is 6.20. The summed E-state index contributed by atoms with van der Waals surface area (Å²) in [7, 11) is 0. The third-order valence-corrected chi connectivity index (χ3v) is 4.38. The Morgan fingerprint density at radius 3 is 2.65 bits per heavy atom. The number of nitro groups is 1. The van der Waals surface area contributed by atoms with Gasteiger partial charge in [-0.1, -0.05) is 24.3 Å². The van der Waals surface area contributed by atoms with Crippen LogP contribution < -0.4 is 5.32 Å². The molecule has 0 aliphatic rings. The summed E-state index contributed by atoms with van der Waals surface area (Å²) in [6.07, 6.45) is 0.833. The van der Waals surface area contributed by atoms with E-state index < -0.39 is 4.92 Å². The first-order chi connectivity index (χ1) is 11.1. The number of nitro benzene ring substituents is 1. The fourth-order valence-corrected chi connectivity index (χ4v) is 2.90. The molecule has 0 aliphatic heterocycles. The summed E-state index contributed by atoms with van der Waals surface area (Å²) in [5, 5.41) is 13.7. The van der Waals surface area contributed by atoms with Gasteiger partial charge in [-0.2, -0.15) is 0 Å². The quantitative estimate of drug-likeness (QED) is 0.362. The fourth-order valence-electron chi connectivity index (χ4n) is 2.03. The number of nitrogens with zero attached hydrogens (tertiary/aromatic N) is 1. The molecule has 0 saturated heterocycles. The molecular weight excluding hydrogens is 312 g/mol. The highest BCUT2D eigenvalue weighted by atomic mass is 32.2. The van der Waals surface area contributed by atoms with Gasteiger partial charge < -0.3 is 5.32 Å². The summed E-state index contributed by atoms with van der Waals surface area (Å²) in [4.78, 5) is 23.7. The minimum atomic E-state index is -0.470. The Hall–Kier alpha value is -2.34. The third-order valence-electron chi connectivity index (χ3n) is 3.29. The van der Waals surface area contributed by atoms with Crippen LogP contribution in [0.5, 0.6) is 0 Å². The summed E-state index contributed by atoms with van der Waals surface area (Å²) in [5.41, 5.74) is 0.834. The molecule has 120 valence electrons. The molecule has 2 aromatic rings. The first-order valence-electron chi connectivity index (χ1n) is 7.29. The van der Waals surface area contributed by atoms with E-state index >= 15 is 0 Å². The minimum Gasteiger partial charge on any atom is -0.352 e. The molecule has 1 amide bonds. The van der Waals surface area contributed by atoms with Crippen LogP contribution in [0.2, 0.25) is 0 Å². The van der Waals surface area contributed by atoms with Crippen molar-refractivity contribution in [1.29, 1.82) is 0 Å². The summed E-state index contributed by atoms with van der Waals surface area (Å²) >= 11 is 1.74. The van der Waals surface area contributed by atoms with Crippen molar-refractivity contribution >= 4 is 23.4 Å². The topological polar surface area (TPSA) is 72.2 Å². The van der Waals surface area contributed by atoms with Crippen LogP contribution in [0, 0.1) is 17.0 Å². The van der Waals surface area contributed by atoms with Gasteiger partial charge in [0, 0.05) is 28.6 Å². The van der Waals surface area contributed by atoms with Gasteiger partial charge in [0.2, 0.25) is 0 Å². The van der Waals surface area contributed by atoms with E-state index in [1.165, 1.54) is 11.0 Å². The van der Waals surface area contributed by atoms with Crippen molar-refractivity contribution in [2.24, 2.45) is 0 Å². The molecule has 0 unspecified atom stereocenters. The van der Waals surface area contributed by atoms with Gasteiger partial charge in [-0.15, -0.1) is 11.8 Å². The maximum atomic E-state index is 12.0. The minimum absolute atomic E-state index is 0.0303. The van der Waals surface area contributed by atoms with E-state index in [9.17, 15) is 14.9 Å². The van der Waals surface area contributed by atoms with E-state index in [-0.39, 0.29) is 11.6 Å². The Balaban J connectivity index is 1.79. The molecule has 5 nitrogen and oxygen atoms in total. The van der Waals surface area contributed by atoms with Crippen molar-refractivity contribution in [3.05, 3.63) is 69.8 Å². The van der Waals surface area contributed by atoms with Crippen molar-refractivity contribution in [2.45, 2.75) is 18.2 Å². The van der Waals surface area contributed by atoms with Crippen molar-refractivity contribution < 1.29 is 9.72 Å². The number of thioether (sulfide) groups is 1. The highest BCUT2D eigenvalue weighted by molar-refractivity contribution is 7.99. The van der Waals surface area contributed by atoms with Gasteiger partial charge in [-0.25, -0.2) is 0 Å². The average Bonchev–Trinajstić information content (AvgIpc) is 2.55. The Labute approximate surface area is 139 Å². The standard InChI is InChI=1S/C17H18N2O3S/c1-13-8-9-14(12-16(13)19(21)22)17(20)18-10-5-11-23-15-6-3-2-4-7-15/h2-4,6-9,12H,5,10-11H2,1H3,(H,18,20). The van der Waals surface area contributed by atoms with E-state index in [0.29, 0.717) is 17.7 Å². The molecule has 0 heterocycles. The van der Waals surface area contributed by atoms with Crippen LogP contribution in [0.3, 0.4) is 0 Å². The Bertz CT molecular complexity index is 689. The normalized spacial score (nSPS) is 10.3. The number of hydrogen-bond acceptors (Lipinski definition) is 4. The average molecular weight is 330 g/mol. The number of nitrogens with one attached hydrogen (secondary N) is 1. The monoisotopic (exact) mass is 330 g/mol. The molecule has 6 heteroatoms. The molecular formula is C17H18N2O3S. The zero-order chi connectivity index (χ0) is 16.7. The van der Waals surface area contributed by atoms with Crippen molar-refractivity contribution in [1.82, 2.24) is 5.32 Å². The van der Waals surface area contributed by atoms with E-state index in [4.69, 9.17) is 0 Å². The number of carbonyl (C=O) groups is 1. The molecule has 0 radical (unpaired) electrons. The molecule has 0 bridgehead atoms. The van der Waals surface area contributed by atoms with Gasteiger partial charge >= 0.3 is 0 Å². The van der Waals surface area contributed by atoms with Gasteiger partial charge in [0.15, 0.2) is 0 Å². The Morgan fingerprint density at radius 2 is 1.96 bits per heavy atom. The highest BCUT2D eigenvalue weighted by Crippen LogP contribution is 2.19. The summed E-state index contributed by atoms with van der Waals surface area (Å²) in [6.45, 7) is 2.20. The Kier molecular flexibility index (Phi) is 6.17. The molecule has 0 saturated carbocycles. The van der Waals surface area contributed by atoms with E-state index in [1.807, 2.05) is 18.2 Å². The fraction of sp³-hybridized carbons (Fsp3) is 0.235. The van der Waals surface area contributed by atoms with Crippen LogP contribution in [-0.2, 0) is 0 Å². The number of carbonyl (C=O) groups excluding carboxylic acids is 1. The number of rotatable bonds is 7. The summed E-state index contributed by atoms with van der Waals surface area (Å²) in [5.74, 6) is 0.621. The lowest BCUT2D eigenvalue weighted by Gasteiger charge is -2.06. The maximum Gasteiger partial charge on any atom is 0.273 e. The second kappa shape index (κ2) is 8.33. The van der Waals surface area contributed by atoms with Crippen LogP contribution in [0.25, 0.3) is 0 Å². The number of aryl methyl sites for hydroxylation is 1. The number of hydrogen-bond donors (Lipinski definition) is 1. The van der Waals surface area contributed by atoms with E-state index in [1.54, 1.807) is 30.8 Å². The van der Waals surface area contributed by atoms with Gasteiger partial charge in [0.05, 0.1) is 4.92 Å². The van der Waals surface area contributed by atoms with Crippen LogP contribution >= 0.6 is 11.8 Å². The molecule has 0 atom stereocenters. The maximum absolute atomic E-state index is 12.0.